The summed E-state index contributed by atoms with van der Waals surface area (Å²) in [7, 11) is 0. The molecule has 0 aliphatic rings. The van der Waals surface area contributed by atoms with Gasteiger partial charge in [0.05, 0.1) is 6.04 Å². The number of aryl methyl sites for hydroxylation is 3. The van der Waals surface area contributed by atoms with E-state index in [1.54, 1.807) is 6.07 Å². The second-order valence-electron chi connectivity index (χ2n) is 4.94. The molecule has 0 aromatic heterocycles. The van der Waals surface area contributed by atoms with E-state index < -0.39 is 0 Å². The van der Waals surface area contributed by atoms with Crippen LogP contribution < -0.4 is 5.73 Å². The molecule has 0 amide bonds. The van der Waals surface area contributed by atoms with Gasteiger partial charge in [-0.15, -0.1) is 0 Å². The van der Waals surface area contributed by atoms with Gasteiger partial charge < -0.3 is 5.73 Å². The second kappa shape index (κ2) is 5.43. The summed E-state index contributed by atoms with van der Waals surface area (Å²) in [5.41, 5.74) is 11.9. The van der Waals surface area contributed by atoms with Crippen molar-refractivity contribution in [1.82, 2.24) is 0 Å². The molecule has 19 heavy (non-hydrogen) atoms. The van der Waals surface area contributed by atoms with E-state index in [4.69, 9.17) is 5.73 Å². The predicted molar refractivity (Wildman–Crippen MR) is 80.8 cm³/mol. The van der Waals surface area contributed by atoms with Crippen LogP contribution in [0.5, 0.6) is 0 Å². The van der Waals surface area contributed by atoms with Crippen LogP contribution in [0, 0.1) is 26.6 Å². The third-order valence-electron chi connectivity index (χ3n) is 3.51. The van der Waals surface area contributed by atoms with E-state index in [-0.39, 0.29) is 11.9 Å². The fourth-order valence-electron chi connectivity index (χ4n) is 2.24. The summed E-state index contributed by atoms with van der Waals surface area (Å²) in [6.45, 7) is 6.22. The van der Waals surface area contributed by atoms with Crippen molar-refractivity contribution >= 4 is 15.9 Å². The van der Waals surface area contributed by atoms with Crippen LogP contribution >= 0.6 is 15.9 Å². The molecule has 2 aromatic carbocycles. The molecule has 0 heterocycles. The topological polar surface area (TPSA) is 26.0 Å². The third kappa shape index (κ3) is 2.88. The van der Waals surface area contributed by atoms with E-state index in [1.807, 2.05) is 0 Å². The zero-order valence-electron chi connectivity index (χ0n) is 11.3. The van der Waals surface area contributed by atoms with Gasteiger partial charge in [0, 0.05) is 4.47 Å². The van der Waals surface area contributed by atoms with Gasteiger partial charge in [0.1, 0.15) is 5.82 Å². The summed E-state index contributed by atoms with van der Waals surface area (Å²) in [4.78, 5) is 0. The zero-order chi connectivity index (χ0) is 14.2. The average molecular weight is 322 g/mol. The Hall–Kier alpha value is -1.19. The van der Waals surface area contributed by atoms with Gasteiger partial charge in [-0.25, -0.2) is 4.39 Å². The molecule has 0 bridgehead atoms. The van der Waals surface area contributed by atoms with Crippen LogP contribution in [0.15, 0.2) is 34.8 Å². The fourth-order valence-corrected chi connectivity index (χ4v) is 2.84. The minimum absolute atomic E-state index is 0.255. The summed E-state index contributed by atoms with van der Waals surface area (Å²) in [6.07, 6.45) is 0. The molecule has 0 radical (unpaired) electrons. The van der Waals surface area contributed by atoms with Crippen molar-refractivity contribution in [3.8, 4) is 0 Å². The Morgan fingerprint density at radius 1 is 0.947 bits per heavy atom. The van der Waals surface area contributed by atoms with Crippen LogP contribution in [0.2, 0.25) is 0 Å². The Labute approximate surface area is 121 Å². The first-order valence-electron chi connectivity index (χ1n) is 6.18. The standard InChI is InChI=1S/C16H17BrFN/c1-9-6-11(3)14(7-10(9)2)16(19)13-5-4-12(18)8-15(13)17/h4-8,16H,19H2,1-3H3. The molecule has 0 aliphatic heterocycles. The van der Waals surface area contributed by atoms with Gasteiger partial charge in [0.25, 0.3) is 0 Å². The van der Waals surface area contributed by atoms with E-state index >= 15 is 0 Å². The van der Waals surface area contributed by atoms with E-state index in [0.29, 0.717) is 4.47 Å². The zero-order valence-corrected chi connectivity index (χ0v) is 12.9. The molecule has 0 saturated carbocycles. The van der Waals surface area contributed by atoms with Gasteiger partial charge in [-0.3, -0.25) is 0 Å². The molecule has 100 valence electrons. The summed E-state index contributed by atoms with van der Waals surface area (Å²) >= 11 is 3.38. The third-order valence-corrected chi connectivity index (χ3v) is 4.20. The van der Waals surface area contributed by atoms with Gasteiger partial charge in [0.2, 0.25) is 0 Å². The van der Waals surface area contributed by atoms with E-state index in [2.05, 4.69) is 48.8 Å². The number of halogens is 2. The highest BCUT2D eigenvalue weighted by atomic mass is 79.9. The van der Waals surface area contributed by atoms with E-state index in [0.717, 1.165) is 16.7 Å². The van der Waals surface area contributed by atoms with Crippen LogP contribution in [0.4, 0.5) is 4.39 Å². The average Bonchev–Trinajstić information content (AvgIpc) is 2.33. The number of hydrogen-bond acceptors (Lipinski definition) is 1. The summed E-state index contributed by atoms with van der Waals surface area (Å²) < 4.78 is 13.8. The van der Waals surface area contributed by atoms with Crippen molar-refractivity contribution in [1.29, 1.82) is 0 Å². The van der Waals surface area contributed by atoms with Crippen LogP contribution in [0.1, 0.15) is 33.9 Å². The number of benzene rings is 2. The molecule has 1 nitrogen and oxygen atoms in total. The van der Waals surface area contributed by atoms with Crippen LogP contribution in [0.3, 0.4) is 0 Å². The first-order valence-corrected chi connectivity index (χ1v) is 6.97. The molecule has 1 unspecified atom stereocenters. The molecule has 0 saturated heterocycles. The molecule has 0 fully saturated rings. The lowest BCUT2D eigenvalue weighted by Crippen LogP contribution is -2.14. The SMILES string of the molecule is Cc1cc(C)c(C(N)c2ccc(F)cc2Br)cc1C. The normalized spacial score (nSPS) is 12.5. The Morgan fingerprint density at radius 3 is 2.21 bits per heavy atom. The lowest BCUT2D eigenvalue weighted by Gasteiger charge is -2.18. The highest BCUT2D eigenvalue weighted by molar-refractivity contribution is 9.10. The molecule has 2 aromatic rings. The summed E-state index contributed by atoms with van der Waals surface area (Å²) in [6, 6.07) is 8.63. The smallest absolute Gasteiger partial charge is 0.124 e. The van der Waals surface area contributed by atoms with Crippen molar-refractivity contribution in [3.05, 3.63) is 68.4 Å². The van der Waals surface area contributed by atoms with E-state index in [9.17, 15) is 4.39 Å². The van der Waals surface area contributed by atoms with Crippen molar-refractivity contribution < 1.29 is 4.39 Å². The van der Waals surface area contributed by atoms with Crippen molar-refractivity contribution in [2.24, 2.45) is 5.73 Å². The Bertz CT molecular complexity index is 622. The molecule has 1 atom stereocenters. The summed E-state index contributed by atoms with van der Waals surface area (Å²) in [5.74, 6) is -0.264. The molecule has 2 N–H and O–H groups in total. The number of hydrogen-bond donors (Lipinski definition) is 1. The van der Waals surface area contributed by atoms with Crippen molar-refractivity contribution in [2.75, 3.05) is 0 Å². The highest BCUT2D eigenvalue weighted by Crippen LogP contribution is 2.30. The van der Waals surface area contributed by atoms with Crippen LogP contribution in [-0.2, 0) is 0 Å². The first kappa shape index (κ1) is 14.2. The summed E-state index contributed by atoms with van der Waals surface area (Å²) in [5, 5.41) is 0. The van der Waals surface area contributed by atoms with Crippen molar-refractivity contribution in [3.63, 3.8) is 0 Å². The fraction of sp³-hybridized carbons (Fsp3) is 0.250. The minimum atomic E-state index is -0.264. The molecule has 0 aliphatic carbocycles. The van der Waals surface area contributed by atoms with Crippen LogP contribution in [-0.4, -0.2) is 0 Å². The maximum Gasteiger partial charge on any atom is 0.124 e. The monoisotopic (exact) mass is 321 g/mol. The van der Waals surface area contributed by atoms with Gasteiger partial charge in [-0.2, -0.15) is 0 Å². The molecule has 2 rings (SSSR count). The lowest BCUT2D eigenvalue weighted by atomic mass is 9.92. The largest absolute Gasteiger partial charge is 0.320 e. The minimum Gasteiger partial charge on any atom is -0.320 e. The van der Waals surface area contributed by atoms with Crippen molar-refractivity contribution in [2.45, 2.75) is 26.8 Å². The maximum atomic E-state index is 13.1. The van der Waals surface area contributed by atoms with Gasteiger partial charge in [0.15, 0.2) is 0 Å². The van der Waals surface area contributed by atoms with Gasteiger partial charge in [-0.05, 0) is 60.7 Å². The first-order chi connectivity index (χ1) is 8.90. The van der Waals surface area contributed by atoms with Gasteiger partial charge >= 0.3 is 0 Å². The lowest BCUT2D eigenvalue weighted by molar-refractivity contribution is 0.625. The van der Waals surface area contributed by atoms with Gasteiger partial charge in [-0.1, -0.05) is 34.1 Å². The Balaban J connectivity index is 2.49. The van der Waals surface area contributed by atoms with Crippen LogP contribution in [0.25, 0.3) is 0 Å². The predicted octanol–water partition coefficient (Wildman–Crippen LogP) is 4.56. The molecular formula is C16H17BrFN. The molecular weight excluding hydrogens is 305 g/mol. The van der Waals surface area contributed by atoms with E-state index in [1.165, 1.54) is 23.3 Å². The number of rotatable bonds is 2. The highest BCUT2D eigenvalue weighted by Gasteiger charge is 2.15. The maximum absolute atomic E-state index is 13.1. The molecule has 3 heteroatoms. The quantitative estimate of drug-likeness (QED) is 0.862. The Morgan fingerprint density at radius 2 is 1.58 bits per heavy atom. The second-order valence-corrected chi connectivity index (χ2v) is 5.79. The molecule has 0 spiro atoms. The Kier molecular flexibility index (Phi) is 4.07. The number of nitrogens with two attached hydrogens (primary N) is 1.